The maximum absolute atomic E-state index is 13.4. The molecule has 1 amide bonds. The lowest BCUT2D eigenvalue weighted by Crippen LogP contribution is -2.38. The van der Waals surface area contributed by atoms with E-state index in [9.17, 15) is 14.7 Å². The molecule has 0 bridgehead atoms. The first-order valence-corrected chi connectivity index (χ1v) is 11.2. The standard InChI is InChI=1S/C22H26ClN3O3S/c1-5-25(6-2)10-11-26-18(15-8-7-9-16(23)12-15)17(20(28)22(26)29)19(27)21-13(3)24-14(4)30-21/h7-9,12,18,28H,5-6,10-11H2,1-4H3/t18-/m0/s1. The molecule has 0 unspecified atom stereocenters. The number of aliphatic hydroxyl groups excluding tert-OH is 1. The van der Waals surface area contributed by atoms with Crippen LogP contribution in [-0.2, 0) is 4.79 Å². The monoisotopic (exact) mass is 447 g/mol. The van der Waals surface area contributed by atoms with Crippen molar-refractivity contribution in [3.05, 3.63) is 61.8 Å². The lowest BCUT2D eigenvalue weighted by molar-refractivity contribution is -0.129. The Kier molecular flexibility index (Phi) is 6.95. The molecule has 1 aromatic carbocycles. The van der Waals surface area contributed by atoms with Gasteiger partial charge in [0.25, 0.3) is 5.91 Å². The van der Waals surface area contributed by atoms with Gasteiger partial charge in [0.05, 0.1) is 27.2 Å². The number of likely N-dealkylation sites (N-methyl/N-ethyl adjacent to an activating group) is 1. The Morgan fingerprint density at radius 1 is 1.30 bits per heavy atom. The topological polar surface area (TPSA) is 73.7 Å². The number of hydrogen-bond acceptors (Lipinski definition) is 6. The molecule has 0 spiro atoms. The van der Waals surface area contributed by atoms with Crippen LogP contribution < -0.4 is 0 Å². The van der Waals surface area contributed by atoms with E-state index >= 15 is 0 Å². The van der Waals surface area contributed by atoms with E-state index in [0.717, 1.165) is 18.1 Å². The van der Waals surface area contributed by atoms with Crippen LogP contribution in [0, 0.1) is 13.8 Å². The smallest absolute Gasteiger partial charge is 0.290 e. The molecule has 3 rings (SSSR count). The zero-order chi connectivity index (χ0) is 22.0. The molecular weight excluding hydrogens is 422 g/mol. The first-order chi connectivity index (χ1) is 14.3. The van der Waals surface area contributed by atoms with Gasteiger partial charge in [0.2, 0.25) is 5.78 Å². The van der Waals surface area contributed by atoms with Crippen molar-refractivity contribution in [1.82, 2.24) is 14.8 Å². The molecule has 2 heterocycles. The largest absolute Gasteiger partial charge is 0.503 e. The van der Waals surface area contributed by atoms with Crippen LogP contribution in [0.4, 0.5) is 0 Å². The number of aryl methyl sites for hydroxylation is 2. The van der Waals surface area contributed by atoms with Crippen LogP contribution in [-0.4, -0.2) is 57.8 Å². The number of carbonyl (C=O) groups excluding carboxylic acids is 2. The number of thiazole rings is 1. The van der Waals surface area contributed by atoms with Crippen LogP contribution in [0.15, 0.2) is 35.6 Å². The van der Waals surface area contributed by atoms with Crippen LogP contribution >= 0.6 is 22.9 Å². The van der Waals surface area contributed by atoms with Crippen molar-refractivity contribution in [3.63, 3.8) is 0 Å². The summed E-state index contributed by atoms with van der Waals surface area (Å²) in [6, 6.07) is 6.39. The zero-order valence-electron chi connectivity index (χ0n) is 17.6. The summed E-state index contributed by atoms with van der Waals surface area (Å²) in [5.74, 6) is -1.39. The second-order valence-corrected chi connectivity index (χ2v) is 8.86. The summed E-state index contributed by atoms with van der Waals surface area (Å²) in [7, 11) is 0. The van der Waals surface area contributed by atoms with E-state index in [1.807, 2.05) is 13.0 Å². The second kappa shape index (κ2) is 9.29. The highest BCUT2D eigenvalue weighted by molar-refractivity contribution is 7.14. The summed E-state index contributed by atoms with van der Waals surface area (Å²) < 4.78 is 0. The highest BCUT2D eigenvalue weighted by Gasteiger charge is 2.44. The van der Waals surface area contributed by atoms with Gasteiger partial charge in [-0.05, 0) is 44.6 Å². The van der Waals surface area contributed by atoms with Gasteiger partial charge in [-0.3, -0.25) is 9.59 Å². The fourth-order valence-electron chi connectivity index (χ4n) is 3.79. The van der Waals surface area contributed by atoms with Crippen LogP contribution in [0.25, 0.3) is 0 Å². The van der Waals surface area contributed by atoms with Gasteiger partial charge in [-0.25, -0.2) is 4.98 Å². The predicted molar refractivity (Wildman–Crippen MR) is 119 cm³/mol. The van der Waals surface area contributed by atoms with E-state index in [-0.39, 0.29) is 11.4 Å². The van der Waals surface area contributed by atoms with E-state index in [0.29, 0.717) is 34.2 Å². The summed E-state index contributed by atoms with van der Waals surface area (Å²) >= 11 is 7.48. The van der Waals surface area contributed by atoms with E-state index in [4.69, 9.17) is 11.6 Å². The molecule has 0 aliphatic carbocycles. The number of halogens is 1. The first kappa shape index (κ1) is 22.5. The molecule has 1 aliphatic heterocycles. The fraction of sp³-hybridized carbons (Fsp3) is 0.409. The molecular formula is C22H26ClN3O3S. The minimum atomic E-state index is -0.693. The van der Waals surface area contributed by atoms with Crippen LogP contribution in [0.3, 0.4) is 0 Å². The number of rotatable bonds is 8. The Morgan fingerprint density at radius 2 is 2.00 bits per heavy atom. The number of hydrogen-bond donors (Lipinski definition) is 1. The molecule has 0 saturated carbocycles. The summed E-state index contributed by atoms with van der Waals surface area (Å²) in [6.45, 7) is 10.4. The minimum absolute atomic E-state index is 0.0913. The number of carbonyl (C=O) groups is 2. The molecule has 6 nitrogen and oxygen atoms in total. The third-order valence-electron chi connectivity index (χ3n) is 5.37. The molecule has 1 aliphatic rings. The van der Waals surface area contributed by atoms with Crippen LogP contribution in [0.5, 0.6) is 0 Å². The third-order valence-corrected chi connectivity index (χ3v) is 6.68. The van der Waals surface area contributed by atoms with E-state index < -0.39 is 17.7 Å². The lowest BCUT2D eigenvalue weighted by atomic mass is 9.95. The van der Waals surface area contributed by atoms with Crippen molar-refractivity contribution < 1.29 is 14.7 Å². The number of ketones is 1. The molecule has 0 radical (unpaired) electrons. The average molecular weight is 448 g/mol. The van der Waals surface area contributed by atoms with Gasteiger partial charge in [-0.2, -0.15) is 0 Å². The van der Waals surface area contributed by atoms with Gasteiger partial charge in [0.15, 0.2) is 5.76 Å². The maximum atomic E-state index is 13.4. The Morgan fingerprint density at radius 3 is 2.57 bits per heavy atom. The normalized spacial score (nSPS) is 16.8. The SMILES string of the molecule is CCN(CC)CCN1C(=O)C(O)=C(C(=O)c2sc(C)nc2C)[C@@H]1c1cccc(Cl)c1. The average Bonchev–Trinajstić information content (AvgIpc) is 3.18. The predicted octanol–water partition coefficient (Wildman–Crippen LogP) is 4.33. The summed E-state index contributed by atoms with van der Waals surface area (Å²) in [5.41, 5.74) is 1.39. The summed E-state index contributed by atoms with van der Waals surface area (Å²) in [6.07, 6.45) is 0. The van der Waals surface area contributed by atoms with Gasteiger partial charge in [-0.1, -0.05) is 37.6 Å². The van der Waals surface area contributed by atoms with E-state index in [2.05, 4.69) is 23.7 Å². The third kappa shape index (κ3) is 4.29. The highest BCUT2D eigenvalue weighted by atomic mass is 35.5. The maximum Gasteiger partial charge on any atom is 0.290 e. The van der Waals surface area contributed by atoms with Crippen molar-refractivity contribution in [2.45, 2.75) is 33.7 Å². The molecule has 2 aromatic rings. The van der Waals surface area contributed by atoms with Crippen molar-refractivity contribution in [3.8, 4) is 0 Å². The van der Waals surface area contributed by atoms with Crippen LogP contribution in [0.2, 0.25) is 5.02 Å². The number of nitrogens with zero attached hydrogens (tertiary/aromatic N) is 3. The molecule has 0 fully saturated rings. The highest BCUT2D eigenvalue weighted by Crippen LogP contribution is 2.40. The molecule has 30 heavy (non-hydrogen) atoms. The van der Waals surface area contributed by atoms with Crippen molar-refractivity contribution in [2.75, 3.05) is 26.2 Å². The number of benzene rings is 1. The number of aliphatic hydroxyl groups is 1. The Labute approximate surface area is 185 Å². The second-order valence-electron chi connectivity index (χ2n) is 7.22. The summed E-state index contributed by atoms with van der Waals surface area (Å²) in [4.78, 5) is 35.0. The van der Waals surface area contributed by atoms with Crippen molar-refractivity contribution in [1.29, 1.82) is 0 Å². The first-order valence-electron chi connectivity index (χ1n) is 9.99. The van der Waals surface area contributed by atoms with E-state index in [1.165, 1.54) is 11.3 Å². The Hall–Kier alpha value is -2.22. The number of amides is 1. The van der Waals surface area contributed by atoms with Gasteiger partial charge >= 0.3 is 0 Å². The Balaban J connectivity index is 2.05. The summed E-state index contributed by atoms with van der Waals surface area (Å²) in [5, 5.41) is 12.0. The molecule has 1 atom stereocenters. The lowest BCUT2D eigenvalue weighted by Gasteiger charge is -2.29. The number of Topliss-reactive ketones (excluding diaryl/α,β-unsaturated/α-hetero) is 1. The fourth-order valence-corrected chi connectivity index (χ4v) is 4.87. The zero-order valence-corrected chi connectivity index (χ0v) is 19.2. The van der Waals surface area contributed by atoms with Gasteiger partial charge < -0.3 is 14.9 Å². The quantitative estimate of drug-likeness (QED) is 0.609. The van der Waals surface area contributed by atoms with Crippen LogP contribution in [0.1, 0.15) is 45.8 Å². The molecule has 160 valence electrons. The molecule has 1 N–H and O–H groups in total. The Bertz CT molecular complexity index is 997. The molecule has 1 aromatic heterocycles. The van der Waals surface area contributed by atoms with Gasteiger partial charge in [0.1, 0.15) is 0 Å². The van der Waals surface area contributed by atoms with Crippen molar-refractivity contribution >= 4 is 34.6 Å². The minimum Gasteiger partial charge on any atom is -0.503 e. The number of aromatic nitrogens is 1. The molecule has 0 saturated heterocycles. The van der Waals surface area contributed by atoms with Crippen molar-refractivity contribution in [2.24, 2.45) is 0 Å². The van der Waals surface area contributed by atoms with E-state index in [1.54, 1.807) is 30.0 Å². The molecule has 8 heteroatoms. The van der Waals surface area contributed by atoms with Gasteiger partial charge in [0, 0.05) is 18.1 Å². The van der Waals surface area contributed by atoms with Gasteiger partial charge in [-0.15, -0.1) is 11.3 Å².